The largest absolute Gasteiger partial charge is 0.463 e. The molecule has 10 nitrogen and oxygen atoms in total. The van der Waals surface area contributed by atoms with E-state index in [1.165, 1.54) is 4.90 Å². The minimum Gasteiger partial charge on any atom is -0.463 e. The fourth-order valence-electron chi connectivity index (χ4n) is 6.47. The van der Waals surface area contributed by atoms with Crippen LogP contribution in [0.3, 0.4) is 0 Å². The smallest absolute Gasteiger partial charge is 0.318 e. The predicted molar refractivity (Wildman–Crippen MR) is 165 cm³/mol. The van der Waals surface area contributed by atoms with Crippen LogP contribution in [0.5, 0.6) is 6.01 Å². The van der Waals surface area contributed by atoms with E-state index in [2.05, 4.69) is 23.6 Å². The Morgan fingerprint density at radius 1 is 1.16 bits per heavy atom. The maximum atomic E-state index is 13.8. The van der Waals surface area contributed by atoms with Crippen LogP contribution >= 0.6 is 11.6 Å². The van der Waals surface area contributed by atoms with Crippen molar-refractivity contribution in [3.05, 3.63) is 65.1 Å². The number of hydrogen-bond acceptors (Lipinski definition) is 8. The van der Waals surface area contributed by atoms with Crippen molar-refractivity contribution in [1.29, 1.82) is 5.26 Å². The van der Waals surface area contributed by atoms with Gasteiger partial charge >= 0.3 is 6.01 Å². The molecular weight excluding hydrogens is 585 g/mol. The maximum absolute atomic E-state index is 13.8. The monoisotopic (exact) mass is 617 g/mol. The molecule has 228 valence electrons. The van der Waals surface area contributed by atoms with E-state index in [0.717, 1.165) is 27.7 Å². The summed E-state index contributed by atoms with van der Waals surface area (Å²) in [5, 5.41) is 12.2. The molecule has 2 aromatic carbocycles. The van der Waals surface area contributed by atoms with Crippen molar-refractivity contribution in [1.82, 2.24) is 19.8 Å². The lowest BCUT2D eigenvalue weighted by Crippen LogP contribution is -2.55. The summed E-state index contributed by atoms with van der Waals surface area (Å²) < 4.78 is 19.9. The lowest BCUT2D eigenvalue weighted by atomic mass is 10.0. The number of benzene rings is 2. The number of halogens is 2. The quantitative estimate of drug-likeness (QED) is 0.365. The molecule has 44 heavy (non-hydrogen) atoms. The Hall–Kier alpha value is -4.43. The van der Waals surface area contributed by atoms with E-state index in [1.54, 1.807) is 11.9 Å². The molecule has 3 aliphatic rings. The van der Waals surface area contributed by atoms with Gasteiger partial charge in [0.05, 0.1) is 42.4 Å². The van der Waals surface area contributed by atoms with Crippen LogP contribution in [0.25, 0.3) is 10.8 Å². The molecule has 0 radical (unpaired) electrons. The summed E-state index contributed by atoms with van der Waals surface area (Å²) in [6.45, 7) is 6.19. The van der Waals surface area contributed by atoms with Gasteiger partial charge in [0.2, 0.25) is 5.91 Å². The molecule has 1 aromatic heterocycles. The molecular formula is C32H33ClFN7O3. The fourth-order valence-corrected chi connectivity index (χ4v) is 6.75. The summed E-state index contributed by atoms with van der Waals surface area (Å²) in [5.41, 5.74) is 2.80. The zero-order chi connectivity index (χ0) is 31.0. The molecule has 6 rings (SSSR count). The van der Waals surface area contributed by atoms with Crippen LogP contribution in [0.15, 0.2) is 48.8 Å². The SMILES string of the molecule is C=C(F)C(=O)N1CCN(c2nc(OCC3CC(=O)N(C)C3)nc3c2CCN(c2cccc4cccc(Cl)c24)C3)C[C@@H]1CC#N. The van der Waals surface area contributed by atoms with Gasteiger partial charge in [0.25, 0.3) is 5.91 Å². The number of fused-ring (bicyclic) bond motifs is 2. The van der Waals surface area contributed by atoms with Crippen LogP contribution in [0.1, 0.15) is 24.1 Å². The molecule has 2 saturated heterocycles. The van der Waals surface area contributed by atoms with Crippen molar-refractivity contribution in [3.8, 4) is 12.1 Å². The third-order valence-electron chi connectivity index (χ3n) is 8.67. The highest BCUT2D eigenvalue weighted by Gasteiger charge is 2.35. The van der Waals surface area contributed by atoms with Gasteiger partial charge in [0.1, 0.15) is 5.82 Å². The highest BCUT2D eigenvalue weighted by molar-refractivity contribution is 6.36. The number of ether oxygens (including phenoxy) is 1. The first-order valence-electron chi connectivity index (χ1n) is 14.7. The molecule has 0 N–H and O–H groups in total. The van der Waals surface area contributed by atoms with Gasteiger partial charge in [-0.15, -0.1) is 0 Å². The Kier molecular flexibility index (Phi) is 8.27. The number of rotatable bonds is 7. The highest BCUT2D eigenvalue weighted by Crippen LogP contribution is 2.37. The standard InChI is InChI=1S/C32H33ClFN7O3/c1-20(34)31(43)41-14-13-40(17-23(41)9-11-35)30-24-10-12-39(27-8-4-6-22-5-3-7-25(33)29(22)27)18-26(24)36-32(37-30)44-19-21-15-28(42)38(2)16-21/h3-8,21,23H,1,9-10,12-19H2,2H3/t21?,23-/m0/s1. The maximum Gasteiger partial charge on any atom is 0.318 e. The molecule has 0 aliphatic carbocycles. The predicted octanol–water partition coefficient (Wildman–Crippen LogP) is 4.12. The van der Waals surface area contributed by atoms with Crippen LogP contribution in [0.2, 0.25) is 5.02 Å². The van der Waals surface area contributed by atoms with Crippen molar-refractivity contribution >= 4 is 45.7 Å². The van der Waals surface area contributed by atoms with Gasteiger partial charge in [-0.1, -0.05) is 42.4 Å². The molecule has 1 unspecified atom stereocenters. The highest BCUT2D eigenvalue weighted by atomic mass is 35.5. The van der Waals surface area contributed by atoms with Crippen LogP contribution in [-0.4, -0.2) is 84.0 Å². The zero-order valence-corrected chi connectivity index (χ0v) is 25.3. The lowest BCUT2D eigenvalue weighted by Gasteiger charge is -2.42. The summed E-state index contributed by atoms with van der Waals surface area (Å²) in [7, 11) is 1.78. The topological polar surface area (TPSA) is 106 Å². The number of nitriles is 1. The first-order valence-corrected chi connectivity index (χ1v) is 15.1. The van der Waals surface area contributed by atoms with E-state index in [0.29, 0.717) is 63.0 Å². The number of aromatic nitrogens is 2. The molecule has 2 amide bonds. The third kappa shape index (κ3) is 5.74. The second-order valence-corrected chi connectivity index (χ2v) is 12.0. The van der Waals surface area contributed by atoms with E-state index in [1.807, 2.05) is 35.2 Å². The van der Waals surface area contributed by atoms with E-state index >= 15 is 0 Å². The first-order chi connectivity index (χ1) is 21.2. The molecule has 2 fully saturated rings. The second kappa shape index (κ2) is 12.3. The molecule has 0 spiro atoms. The molecule has 0 saturated carbocycles. The summed E-state index contributed by atoms with van der Waals surface area (Å²) >= 11 is 6.66. The summed E-state index contributed by atoms with van der Waals surface area (Å²) in [5.74, 6) is -1.02. The Morgan fingerprint density at radius 3 is 2.68 bits per heavy atom. The number of carbonyl (C=O) groups is 2. The number of anilines is 2. The third-order valence-corrected chi connectivity index (χ3v) is 8.98. The average Bonchev–Trinajstić information content (AvgIpc) is 3.35. The molecule has 2 atom stereocenters. The van der Waals surface area contributed by atoms with E-state index < -0.39 is 17.8 Å². The number of piperazine rings is 1. The first kappa shape index (κ1) is 29.6. The Bertz CT molecular complexity index is 1670. The van der Waals surface area contributed by atoms with Crippen LogP contribution in [-0.2, 0) is 22.6 Å². The van der Waals surface area contributed by atoms with Gasteiger partial charge in [-0.2, -0.15) is 15.2 Å². The Balaban J connectivity index is 1.33. The van der Waals surface area contributed by atoms with Gasteiger partial charge in [0.15, 0.2) is 5.83 Å². The van der Waals surface area contributed by atoms with Crippen LogP contribution < -0.4 is 14.5 Å². The van der Waals surface area contributed by atoms with Crippen molar-refractivity contribution in [2.24, 2.45) is 5.92 Å². The number of likely N-dealkylation sites (tertiary alicyclic amines) is 1. The van der Waals surface area contributed by atoms with Crippen molar-refractivity contribution < 1.29 is 18.7 Å². The summed E-state index contributed by atoms with van der Waals surface area (Å²) in [6, 6.07) is 13.8. The number of carbonyl (C=O) groups excluding carboxylic acids is 2. The number of hydrogen-bond donors (Lipinski definition) is 0. The minimum absolute atomic E-state index is 0.0354. The molecule has 0 bridgehead atoms. The zero-order valence-electron chi connectivity index (χ0n) is 24.5. The van der Waals surface area contributed by atoms with Gasteiger partial charge < -0.3 is 24.3 Å². The second-order valence-electron chi connectivity index (χ2n) is 11.6. The summed E-state index contributed by atoms with van der Waals surface area (Å²) in [4.78, 5) is 41.6. The molecule has 3 aromatic rings. The molecule has 3 aliphatic heterocycles. The van der Waals surface area contributed by atoms with Gasteiger partial charge in [-0.25, -0.2) is 4.39 Å². The number of nitrogens with zero attached hydrogens (tertiary/aromatic N) is 7. The molecule has 12 heteroatoms. The lowest BCUT2D eigenvalue weighted by molar-refractivity contribution is -0.131. The van der Waals surface area contributed by atoms with Gasteiger partial charge in [-0.05, 0) is 23.9 Å². The van der Waals surface area contributed by atoms with Crippen LogP contribution in [0.4, 0.5) is 15.9 Å². The van der Waals surface area contributed by atoms with Crippen molar-refractivity contribution in [2.75, 3.05) is 56.2 Å². The Labute approximate surface area is 260 Å². The minimum atomic E-state index is -1.04. The summed E-state index contributed by atoms with van der Waals surface area (Å²) in [6.07, 6.45) is 1.11. The van der Waals surface area contributed by atoms with Crippen molar-refractivity contribution in [3.63, 3.8) is 0 Å². The van der Waals surface area contributed by atoms with Gasteiger partial charge in [-0.3, -0.25) is 9.59 Å². The Morgan fingerprint density at radius 2 is 1.95 bits per heavy atom. The van der Waals surface area contributed by atoms with Crippen LogP contribution in [0, 0.1) is 17.2 Å². The fraction of sp³-hybridized carbons (Fsp3) is 0.406. The van der Waals surface area contributed by atoms with E-state index in [-0.39, 0.29) is 30.8 Å². The van der Waals surface area contributed by atoms with E-state index in [9.17, 15) is 19.2 Å². The van der Waals surface area contributed by atoms with E-state index in [4.69, 9.17) is 26.3 Å². The van der Waals surface area contributed by atoms with Gasteiger partial charge in [0, 0.05) is 68.7 Å². The van der Waals surface area contributed by atoms with Crippen molar-refractivity contribution in [2.45, 2.75) is 31.8 Å². The normalized spacial score (nSPS) is 20.1. The number of amides is 2. The molecule has 4 heterocycles. The average molecular weight is 618 g/mol.